The van der Waals surface area contributed by atoms with Gasteiger partial charge < -0.3 is 14.8 Å². The second-order valence-corrected chi connectivity index (χ2v) is 6.47. The number of nitrogens with zero attached hydrogens (tertiary/aromatic N) is 2. The molecule has 2 atom stereocenters. The van der Waals surface area contributed by atoms with E-state index in [1.54, 1.807) is 24.1 Å². The van der Waals surface area contributed by atoms with E-state index in [-0.39, 0.29) is 12.1 Å². The maximum Gasteiger partial charge on any atom is 0.306 e. The molecule has 1 fully saturated rings. The zero-order valence-corrected chi connectivity index (χ0v) is 14.8. The average Bonchev–Trinajstić information content (AvgIpc) is 2.56. The summed E-state index contributed by atoms with van der Waals surface area (Å²) in [5.41, 5.74) is 3.20. The highest BCUT2D eigenvalue weighted by Gasteiger charge is 2.36. The van der Waals surface area contributed by atoms with Crippen molar-refractivity contribution in [3.8, 4) is 0 Å². The number of piperidine rings is 1. The fraction of sp³-hybridized carbons (Fsp3) is 0.556. The number of likely N-dealkylation sites (N-methyl/N-ethyl adjacent to an activating group) is 1. The van der Waals surface area contributed by atoms with Crippen LogP contribution in [0.3, 0.4) is 0 Å². The molecule has 0 bridgehead atoms. The van der Waals surface area contributed by atoms with E-state index in [0.717, 1.165) is 16.7 Å². The molecular formula is C18H26N2O4. The molecule has 2 unspecified atom stereocenters. The molecular weight excluding hydrogens is 308 g/mol. The van der Waals surface area contributed by atoms with E-state index < -0.39 is 11.9 Å². The SMILES string of the molecule is CON1CCC(C(=O)O)CC1N(C)C(=O)Cc1cc(C)ccc1C. The number of hydroxylamine groups is 2. The highest BCUT2D eigenvalue weighted by molar-refractivity contribution is 5.79. The van der Waals surface area contributed by atoms with Crippen molar-refractivity contribution in [3.63, 3.8) is 0 Å². The normalized spacial score (nSPS) is 21.5. The van der Waals surface area contributed by atoms with Crippen molar-refractivity contribution in [3.05, 3.63) is 34.9 Å². The van der Waals surface area contributed by atoms with E-state index in [1.807, 2.05) is 32.0 Å². The molecule has 0 aliphatic carbocycles. The zero-order valence-electron chi connectivity index (χ0n) is 14.8. The van der Waals surface area contributed by atoms with E-state index in [0.29, 0.717) is 25.8 Å². The van der Waals surface area contributed by atoms with Crippen molar-refractivity contribution in [1.82, 2.24) is 9.96 Å². The molecule has 0 saturated carbocycles. The van der Waals surface area contributed by atoms with Crippen LogP contribution in [0.2, 0.25) is 0 Å². The van der Waals surface area contributed by atoms with Crippen LogP contribution in [0.15, 0.2) is 18.2 Å². The van der Waals surface area contributed by atoms with Crippen LogP contribution in [0.1, 0.15) is 29.5 Å². The molecule has 1 heterocycles. The topological polar surface area (TPSA) is 70.1 Å². The first-order chi connectivity index (χ1) is 11.3. The molecule has 1 aliphatic heterocycles. The van der Waals surface area contributed by atoms with Gasteiger partial charge >= 0.3 is 5.97 Å². The Morgan fingerprint density at radius 1 is 1.38 bits per heavy atom. The number of aliphatic carboxylic acids is 1. The Bertz CT molecular complexity index is 617. The van der Waals surface area contributed by atoms with Gasteiger partial charge in [0.05, 0.1) is 19.4 Å². The van der Waals surface area contributed by atoms with Crippen molar-refractivity contribution in [2.45, 2.75) is 39.3 Å². The molecule has 0 spiro atoms. The average molecular weight is 334 g/mol. The number of carboxylic acids is 1. The molecule has 1 saturated heterocycles. The van der Waals surface area contributed by atoms with Gasteiger partial charge in [-0.25, -0.2) is 0 Å². The van der Waals surface area contributed by atoms with E-state index in [4.69, 9.17) is 4.84 Å². The zero-order chi connectivity index (χ0) is 17.9. The maximum absolute atomic E-state index is 12.7. The summed E-state index contributed by atoms with van der Waals surface area (Å²) >= 11 is 0. The van der Waals surface area contributed by atoms with Crippen LogP contribution in [0.4, 0.5) is 0 Å². The highest BCUT2D eigenvalue weighted by Crippen LogP contribution is 2.25. The lowest BCUT2D eigenvalue weighted by Gasteiger charge is -2.41. The van der Waals surface area contributed by atoms with Gasteiger partial charge in [0, 0.05) is 13.6 Å². The van der Waals surface area contributed by atoms with Crippen LogP contribution in [-0.2, 0) is 20.8 Å². The highest BCUT2D eigenvalue weighted by atomic mass is 16.7. The van der Waals surface area contributed by atoms with Gasteiger partial charge in [0.25, 0.3) is 0 Å². The molecule has 1 amide bonds. The summed E-state index contributed by atoms with van der Waals surface area (Å²) in [5.74, 6) is -1.30. The Morgan fingerprint density at radius 2 is 2.08 bits per heavy atom. The third-order valence-electron chi connectivity index (χ3n) is 4.80. The van der Waals surface area contributed by atoms with Gasteiger partial charge in [-0.1, -0.05) is 23.8 Å². The number of carboxylic acid groups (broad SMARTS) is 1. The molecule has 132 valence electrons. The summed E-state index contributed by atoms with van der Waals surface area (Å²) in [5, 5.41) is 11.0. The summed E-state index contributed by atoms with van der Waals surface area (Å²) in [6.07, 6.45) is 0.842. The van der Waals surface area contributed by atoms with E-state index in [9.17, 15) is 14.7 Å². The van der Waals surface area contributed by atoms with Gasteiger partial charge in [0.1, 0.15) is 6.17 Å². The van der Waals surface area contributed by atoms with Crippen LogP contribution in [0, 0.1) is 19.8 Å². The van der Waals surface area contributed by atoms with E-state index >= 15 is 0 Å². The van der Waals surface area contributed by atoms with Crippen LogP contribution < -0.4 is 0 Å². The lowest BCUT2D eigenvalue weighted by molar-refractivity contribution is -0.217. The van der Waals surface area contributed by atoms with Crippen LogP contribution in [0.5, 0.6) is 0 Å². The summed E-state index contributed by atoms with van der Waals surface area (Å²) in [4.78, 5) is 31.0. The van der Waals surface area contributed by atoms with Gasteiger partial charge in [-0.3, -0.25) is 9.59 Å². The molecule has 6 heteroatoms. The minimum absolute atomic E-state index is 0.0400. The van der Waals surface area contributed by atoms with Crippen LogP contribution >= 0.6 is 0 Å². The van der Waals surface area contributed by atoms with Gasteiger partial charge in [0.2, 0.25) is 5.91 Å². The molecule has 1 N–H and O–H groups in total. The Balaban J connectivity index is 2.12. The standard InChI is InChI=1S/C18H26N2O4/c1-12-5-6-13(2)15(9-12)11-17(21)19(3)16-10-14(18(22)23)7-8-20(16)24-4/h5-6,9,14,16H,7-8,10-11H2,1-4H3,(H,22,23). The first-order valence-corrected chi connectivity index (χ1v) is 8.18. The molecule has 24 heavy (non-hydrogen) atoms. The van der Waals surface area contributed by atoms with Crippen molar-refractivity contribution < 1.29 is 19.5 Å². The van der Waals surface area contributed by atoms with Gasteiger partial charge in [-0.2, -0.15) is 5.06 Å². The van der Waals surface area contributed by atoms with Crippen molar-refractivity contribution in [1.29, 1.82) is 0 Å². The summed E-state index contributed by atoms with van der Waals surface area (Å²) in [6.45, 7) is 4.49. The van der Waals surface area contributed by atoms with E-state index in [2.05, 4.69) is 0 Å². The Labute approximate surface area is 143 Å². The monoisotopic (exact) mass is 334 g/mol. The number of benzene rings is 1. The quantitative estimate of drug-likeness (QED) is 0.892. The first kappa shape index (κ1) is 18.4. The second kappa shape index (κ2) is 7.77. The number of carbonyl (C=O) groups is 2. The number of hydrogen-bond acceptors (Lipinski definition) is 4. The number of carbonyl (C=O) groups excluding carboxylic acids is 1. The predicted octanol–water partition coefficient (Wildman–Crippen LogP) is 1.99. The first-order valence-electron chi connectivity index (χ1n) is 8.18. The fourth-order valence-corrected chi connectivity index (χ4v) is 3.16. The van der Waals surface area contributed by atoms with Crippen LogP contribution in [-0.4, -0.2) is 53.8 Å². The van der Waals surface area contributed by atoms with Crippen LogP contribution in [0.25, 0.3) is 0 Å². The minimum atomic E-state index is -0.814. The third-order valence-corrected chi connectivity index (χ3v) is 4.80. The molecule has 0 aromatic heterocycles. The molecule has 6 nitrogen and oxygen atoms in total. The summed E-state index contributed by atoms with van der Waals surface area (Å²) in [6, 6.07) is 6.06. The molecule has 1 aromatic rings. The van der Waals surface area contributed by atoms with Crippen molar-refractivity contribution in [2.75, 3.05) is 20.7 Å². The fourth-order valence-electron chi connectivity index (χ4n) is 3.16. The van der Waals surface area contributed by atoms with Gasteiger partial charge in [0.15, 0.2) is 0 Å². The Morgan fingerprint density at radius 3 is 2.71 bits per heavy atom. The van der Waals surface area contributed by atoms with Gasteiger partial charge in [-0.15, -0.1) is 0 Å². The summed E-state index contributed by atoms with van der Waals surface area (Å²) < 4.78 is 0. The third kappa shape index (κ3) is 4.13. The molecule has 1 aromatic carbocycles. The maximum atomic E-state index is 12.7. The number of aryl methyl sites for hydroxylation is 2. The number of amides is 1. The number of rotatable bonds is 5. The smallest absolute Gasteiger partial charge is 0.306 e. The lowest BCUT2D eigenvalue weighted by atomic mass is 9.94. The summed E-state index contributed by atoms with van der Waals surface area (Å²) in [7, 11) is 3.27. The largest absolute Gasteiger partial charge is 0.481 e. The molecule has 1 aliphatic rings. The molecule has 0 radical (unpaired) electrons. The van der Waals surface area contributed by atoms with E-state index in [1.165, 1.54) is 0 Å². The minimum Gasteiger partial charge on any atom is -0.481 e. The Kier molecular flexibility index (Phi) is 5.96. The molecule has 2 rings (SSSR count). The number of hydrogen-bond donors (Lipinski definition) is 1. The van der Waals surface area contributed by atoms with Crippen molar-refractivity contribution >= 4 is 11.9 Å². The second-order valence-electron chi connectivity index (χ2n) is 6.47. The Hall–Kier alpha value is -1.92. The van der Waals surface area contributed by atoms with Gasteiger partial charge in [-0.05, 0) is 37.8 Å². The predicted molar refractivity (Wildman–Crippen MR) is 90.3 cm³/mol. The lowest BCUT2D eigenvalue weighted by Crippen LogP contribution is -2.54. The van der Waals surface area contributed by atoms with Crippen molar-refractivity contribution in [2.24, 2.45) is 5.92 Å².